The van der Waals surface area contributed by atoms with Gasteiger partial charge >= 0.3 is 0 Å². The van der Waals surface area contributed by atoms with Gasteiger partial charge in [0.25, 0.3) is 0 Å². The molecular formula is C15H23ClN2O. The third-order valence-corrected chi connectivity index (χ3v) is 3.32. The highest BCUT2D eigenvalue weighted by Crippen LogP contribution is 2.29. The second-order valence-electron chi connectivity index (χ2n) is 5.25. The van der Waals surface area contributed by atoms with Crippen LogP contribution in [0.15, 0.2) is 30.3 Å². The van der Waals surface area contributed by atoms with E-state index < -0.39 is 0 Å². The molecule has 0 heterocycles. The Morgan fingerprint density at radius 3 is 2.53 bits per heavy atom. The molecule has 1 saturated carbocycles. The zero-order valence-corrected chi connectivity index (χ0v) is 12.2. The lowest BCUT2D eigenvalue weighted by Gasteiger charge is -2.23. The molecule has 4 heteroatoms. The predicted octanol–water partition coefficient (Wildman–Crippen LogP) is 2.73. The average molecular weight is 283 g/mol. The molecule has 0 aromatic heterocycles. The van der Waals surface area contributed by atoms with Crippen molar-refractivity contribution in [1.29, 1.82) is 0 Å². The lowest BCUT2D eigenvalue weighted by Crippen LogP contribution is -2.33. The smallest absolute Gasteiger partial charge is 0.223 e. The fourth-order valence-electron chi connectivity index (χ4n) is 2.08. The summed E-state index contributed by atoms with van der Waals surface area (Å²) in [4.78, 5) is 14.2. The van der Waals surface area contributed by atoms with Crippen molar-refractivity contribution in [1.82, 2.24) is 4.90 Å². The molecule has 1 fully saturated rings. The van der Waals surface area contributed by atoms with Gasteiger partial charge in [0.05, 0.1) is 0 Å². The van der Waals surface area contributed by atoms with Gasteiger partial charge in [0, 0.05) is 25.0 Å². The molecule has 19 heavy (non-hydrogen) atoms. The van der Waals surface area contributed by atoms with Crippen LogP contribution >= 0.6 is 12.4 Å². The number of carbonyl (C=O) groups is 1. The molecule has 1 aromatic carbocycles. The van der Waals surface area contributed by atoms with Crippen molar-refractivity contribution in [3.63, 3.8) is 0 Å². The first-order chi connectivity index (χ1) is 8.66. The van der Waals surface area contributed by atoms with E-state index in [1.54, 1.807) is 0 Å². The van der Waals surface area contributed by atoms with E-state index in [9.17, 15) is 4.79 Å². The van der Waals surface area contributed by atoms with E-state index in [1.807, 2.05) is 30.0 Å². The summed E-state index contributed by atoms with van der Waals surface area (Å²) in [6.07, 6.45) is 3.64. The highest BCUT2D eigenvalue weighted by Gasteiger charge is 2.32. The molecule has 1 amide bonds. The lowest BCUT2D eigenvalue weighted by atomic mass is 10.1. The molecule has 0 saturated heterocycles. The Morgan fingerprint density at radius 2 is 2.00 bits per heavy atom. The number of nitrogens with zero attached hydrogens (tertiary/aromatic N) is 1. The van der Waals surface area contributed by atoms with Crippen LogP contribution in [0.1, 0.15) is 38.2 Å². The highest BCUT2D eigenvalue weighted by atomic mass is 35.5. The van der Waals surface area contributed by atoms with Crippen molar-refractivity contribution in [2.45, 2.75) is 51.2 Å². The number of carbonyl (C=O) groups excluding carboxylic acids is 1. The van der Waals surface area contributed by atoms with Crippen molar-refractivity contribution in [2.75, 3.05) is 0 Å². The van der Waals surface area contributed by atoms with Crippen LogP contribution in [0.3, 0.4) is 0 Å². The molecule has 1 aliphatic rings. The van der Waals surface area contributed by atoms with Gasteiger partial charge < -0.3 is 10.6 Å². The third-order valence-electron chi connectivity index (χ3n) is 3.32. The van der Waals surface area contributed by atoms with E-state index in [4.69, 9.17) is 5.73 Å². The number of nitrogens with two attached hydrogens (primary N) is 1. The van der Waals surface area contributed by atoms with E-state index in [2.05, 4.69) is 12.1 Å². The number of amides is 1. The summed E-state index contributed by atoms with van der Waals surface area (Å²) in [7, 11) is 0. The van der Waals surface area contributed by atoms with Crippen molar-refractivity contribution in [3.8, 4) is 0 Å². The molecule has 2 rings (SSSR count). The number of rotatable bonds is 6. The molecular weight excluding hydrogens is 260 g/mol. The molecule has 1 unspecified atom stereocenters. The van der Waals surface area contributed by atoms with Crippen LogP contribution in [0.25, 0.3) is 0 Å². The second kappa shape index (κ2) is 7.51. The largest absolute Gasteiger partial charge is 0.335 e. The van der Waals surface area contributed by atoms with Gasteiger partial charge in [-0.15, -0.1) is 12.4 Å². The maximum absolute atomic E-state index is 12.2. The average Bonchev–Trinajstić information content (AvgIpc) is 3.18. The van der Waals surface area contributed by atoms with Gasteiger partial charge in [0.15, 0.2) is 0 Å². The number of halogens is 1. The Hall–Kier alpha value is -1.06. The third kappa shape index (κ3) is 5.21. The molecule has 106 valence electrons. The Labute approximate surface area is 121 Å². The molecule has 2 N–H and O–H groups in total. The maximum atomic E-state index is 12.2. The van der Waals surface area contributed by atoms with Crippen molar-refractivity contribution < 1.29 is 4.79 Å². The van der Waals surface area contributed by atoms with Crippen molar-refractivity contribution in [3.05, 3.63) is 35.9 Å². The fourth-order valence-corrected chi connectivity index (χ4v) is 2.08. The number of benzene rings is 1. The van der Waals surface area contributed by atoms with Crippen LogP contribution in [-0.2, 0) is 11.3 Å². The molecule has 3 nitrogen and oxygen atoms in total. The van der Waals surface area contributed by atoms with Gasteiger partial charge in [0.1, 0.15) is 0 Å². The fraction of sp³-hybridized carbons (Fsp3) is 0.533. The van der Waals surface area contributed by atoms with Gasteiger partial charge in [-0.05, 0) is 31.7 Å². The summed E-state index contributed by atoms with van der Waals surface area (Å²) in [6.45, 7) is 2.69. The summed E-state index contributed by atoms with van der Waals surface area (Å²) >= 11 is 0. The first-order valence-electron chi connectivity index (χ1n) is 6.76. The molecule has 0 spiro atoms. The van der Waals surface area contributed by atoms with Gasteiger partial charge in [-0.3, -0.25) is 4.79 Å². The zero-order chi connectivity index (χ0) is 13.0. The monoisotopic (exact) mass is 282 g/mol. The summed E-state index contributed by atoms with van der Waals surface area (Å²) in [5.41, 5.74) is 6.92. The van der Waals surface area contributed by atoms with Crippen LogP contribution in [0, 0.1) is 0 Å². The Balaban J connectivity index is 0.00000180. The van der Waals surface area contributed by atoms with Crippen LogP contribution in [0.2, 0.25) is 0 Å². The number of hydrogen-bond acceptors (Lipinski definition) is 2. The summed E-state index contributed by atoms with van der Waals surface area (Å²) in [5, 5.41) is 0. The lowest BCUT2D eigenvalue weighted by molar-refractivity contribution is -0.132. The van der Waals surface area contributed by atoms with Crippen molar-refractivity contribution in [2.24, 2.45) is 5.73 Å². The highest BCUT2D eigenvalue weighted by molar-refractivity contribution is 5.85. The SMILES string of the molecule is CC(N)CCC(=O)N(Cc1ccccc1)C1CC1.Cl. The van der Waals surface area contributed by atoms with E-state index in [0.717, 1.165) is 25.8 Å². The molecule has 0 bridgehead atoms. The topological polar surface area (TPSA) is 46.3 Å². The molecule has 1 atom stereocenters. The minimum absolute atomic E-state index is 0. The molecule has 1 aliphatic carbocycles. The van der Waals surface area contributed by atoms with Crippen LogP contribution < -0.4 is 5.73 Å². The van der Waals surface area contributed by atoms with Crippen LogP contribution in [0.4, 0.5) is 0 Å². The minimum Gasteiger partial charge on any atom is -0.335 e. The summed E-state index contributed by atoms with van der Waals surface area (Å²) in [6, 6.07) is 10.8. The minimum atomic E-state index is 0. The van der Waals surface area contributed by atoms with Gasteiger partial charge in [-0.1, -0.05) is 30.3 Å². The Kier molecular flexibility index (Phi) is 6.32. The Bertz CT molecular complexity index is 390. The van der Waals surface area contributed by atoms with E-state index in [1.165, 1.54) is 5.56 Å². The molecule has 1 aromatic rings. The van der Waals surface area contributed by atoms with Crippen LogP contribution in [0.5, 0.6) is 0 Å². The van der Waals surface area contributed by atoms with E-state index in [0.29, 0.717) is 12.5 Å². The summed E-state index contributed by atoms with van der Waals surface area (Å²) < 4.78 is 0. The van der Waals surface area contributed by atoms with E-state index >= 15 is 0 Å². The van der Waals surface area contributed by atoms with E-state index in [-0.39, 0.29) is 24.4 Å². The van der Waals surface area contributed by atoms with Gasteiger partial charge in [0.2, 0.25) is 5.91 Å². The van der Waals surface area contributed by atoms with Crippen molar-refractivity contribution >= 4 is 18.3 Å². The quantitative estimate of drug-likeness (QED) is 0.872. The van der Waals surface area contributed by atoms with Gasteiger partial charge in [-0.2, -0.15) is 0 Å². The predicted molar refractivity (Wildman–Crippen MR) is 80.1 cm³/mol. The Morgan fingerprint density at radius 1 is 1.37 bits per heavy atom. The summed E-state index contributed by atoms with van der Waals surface area (Å²) in [5.74, 6) is 0.249. The molecule has 0 radical (unpaired) electrons. The van der Waals surface area contributed by atoms with Crippen LogP contribution in [-0.4, -0.2) is 22.9 Å². The second-order valence-corrected chi connectivity index (χ2v) is 5.25. The molecule has 0 aliphatic heterocycles. The standard InChI is InChI=1S/C15H22N2O.ClH/c1-12(16)7-10-15(18)17(14-8-9-14)11-13-5-3-2-4-6-13;/h2-6,12,14H,7-11,16H2,1H3;1H. The van der Waals surface area contributed by atoms with Gasteiger partial charge in [-0.25, -0.2) is 0 Å². The first-order valence-corrected chi connectivity index (χ1v) is 6.76. The number of hydrogen-bond donors (Lipinski definition) is 1. The first kappa shape index (κ1) is 16.0. The maximum Gasteiger partial charge on any atom is 0.223 e. The normalized spacial score (nSPS) is 15.5. The zero-order valence-electron chi connectivity index (χ0n) is 11.4.